The molecule has 0 aliphatic rings. The van der Waals surface area contributed by atoms with E-state index in [1.54, 1.807) is 0 Å². The number of hydrogen-bond donors (Lipinski definition) is 1. The number of ether oxygens (including phenoxy) is 1. The maximum absolute atomic E-state index is 6.15. The van der Waals surface area contributed by atoms with Gasteiger partial charge in [-0.25, -0.2) is 0 Å². The molecule has 0 bridgehead atoms. The van der Waals surface area contributed by atoms with Crippen molar-refractivity contribution in [2.45, 2.75) is 39.7 Å². The standard InChI is InChI=1S/C16H22N2O/c1-5-19-13-6-7-15-14(9-13)12(8-11(2)18-15)10-16(3,4)17/h6-9H,5,10,17H2,1-4H3. The Labute approximate surface area is 114 Å². The van der Waals surface area contributed by atoms with Crippen molar-refractivity contribution in [1.29, 1.82) is 0 Å². The molecule has 2 N–H and O–H groups in total. The zero-order valence-corrected chi connectivity index (χ0v) is 12.2. The van der Waals surface area contributed by atoms with E-state index >= 15 is 0 Å². The summed E-state index contributed by atoms with van der Waals surface area (Å²) in [5.41, 5.74) is 9.18. The minimum atomic E-state index is -0.234. The molecule has 0 amide bonds. The van der Waals surface area contributed by atoms with Gasteiger partial charge in [0.05, 0.1) is 12.1 Å². The Hall–Kier alpha value is -1.61. The molecule has 0 saturated heterocycles. The molecule has 0 atom stereocenters. The van der Waals surface area contributed by atoms with Gasteiger partial charge in [0, 0.05) is 16.6 Å². The second-order valence-corrected chi connectivity index (χ2v) is 5.70. The van der Waals surface area contributed by atoms with Gasteiger partial charge in [-0.05, 0) is 63.9 Å². The molecule has 102 valence electrons. The number of nitrogens with zero attached hydrogens (tertiary/aromatic N) is 1. The molecule has 1 aromatic heterocycles. The number of aryl methyl sites for hydroxylation is 1. The van der Waals surface area contributed by atoms with E-state index in [9.17, 15) is 0 Å². The summed E-state index contributed by atoms with van der Waals surface area (Å²) in [6.45, 7) is 8.76. The highest BCUT2D eigenvalue weighted by Crippen LogP contribution is 2.26. The van der Waals surface area contributed by atoms with Crippen LogP contribution in [0.25, 0.3) is 10.9 Å². The Morgan fingerprint density at radius 3 is 2.63 bits per heavy atom. The van der Waals surface area contributed by atoms with E-state index in [4.69, 9.17) is 10.5 Å². The summed E-state index contributed by atoms with van der Waals surface area (Å²) in [6.07, 6.45) is 0.822. The van der Waals surface area contributed by atoms with Crippen LogP contribution in [0.3, 0.4) is 0 Å². The predicted octanol–water partition coefficient (Wildman–Crippen LogP) is 3.22. The molecule has 1 heterocycles. The summed E-state index contributed by atoms with van der Waals surface area (Å²) in [5.74, 6) is 0.886. The molecule has 19 heavy (non-hydrogen) atoms. The molecule has 0 fully saturated rings. The van der Waals surface area contributed by atoms with Crippen molar-refractivity contribution in [3.05, 3.63) is 35.5 Å². The molecular weight excluding hydrogens is 236 g/mol. The average Bonchev–Trinajstić information content (AvgIpc) is 2.28. The lowest BCUT2D eigenvalue weighted by Gasteiger charge is -2.20. The van der Waals surface area contributed by atoms with Crippen molar-refractivity contribution in [1.82, 2.24) is 4.98 Å². The number of pyridine rings is 1. The molecule has 3 nitrogen and oxygen atoms in total. The Balaban J connectivity index is 2.55. The van der Waals surface area contributed by atoms with E-state index in [-0.39, 0.29) is 5.54 Å². The largest absolute Gasteiger partial charge is 0.494 e. The molecule has 0 unspecified atom stereocenters. The summed E-state index contributed by atoms with van der Waals surface area (Å²) in [5, 5.41) is 1.13. The third-order valence-electron chi connectivity index (χ3n) is 2.95. The summed E-state index contributed by atoms with van der Waals surface area (Å²) in [4.78, 5) is 4.57. The molecule has 0 saturated carbocycles. The van der Waals surface area contributed by atoms with Gasteiger partial charge >= 0.3 is 0 Å². The van der Waals surface area contributed by atoms with Crippen LogP contribution in [0.5, 0.6) is 5.75 Å². The smallest absolute Gasteiger partial charge is 0.120 e. The zero-order chi connectivity index (χ0) is 14.0. The van der Waals surface area contributed by atoms with Gasteiger partial charge in [-0.2, -0.15) is 0 Å². The number of benzene rings is 1. The monoisotopic (exact) mass is 258 g/mol. The van der Waals surface area contributed by atoms with Crippen molar-refractivity contribution in [2.24, 2.45) is 5.73 Å². The number of rotatable bonds is 4. The van der Waals surface area contributed by atoms with Crippen LogP contribution in [0.2, 0.25) is 0 Å². The first-order valence-corrected chi connectivity index (χ1v) is 6.71. The first-order chi connectivity index (χ1) is 8.89. The van der Waals surface area contributed by atoms with Crippen LogP contribution in [0.15, 0.2) is 24.3 Å². The van der Waals surface area contributed by atoms with Gasteiger partial charge < -0.3 is 10.5 Å². The van der Waals surface area contributed by atoms with E-state index in [2.05, 4.69) is 17.1 Å². The lowest BCUT2D eigenvalue weighted by Crippen LogP contribution is -2.34. The highest BCUT2D eigenvalue weighted by Gasteiger charge is 2.15. The van der Waals surface area contributed by atoms with Crippen molar-refractivity contribution >= 4 is 10.9 Å². The zero-order valence-electron chi connectivity index (χ0n) is 12.2. The normalized spacial score (nSPS) is 11.8. The van der Waals surface area contributed by atoms with E-state index < -0.39 is 0 Å². The third-order valence-corrected chi connectivity index (χ3v) is 2.95. The number of hydrogen-bond acceptors (Lipinski definition) is 3. The molecule has 0 aliphatic heterocycles. The van der Waals surface area contributed by atoms with E-state index in [0.717, 1.165) is 28.8 Å². The highest BCUT2D eigenvalue weighted by atomic mass is 16.5. The molecule has 2 aromatic rings. The fourth-order valence-electron chi connectivity index (χ4n) is 2.32. The van der Waals surface area contributed by atoms with Gasteiger partial charge in [-0.3, -0.25) is 4.98 Å². The maximum Gasteiger partial charge on any atom is 0.120 e. The lowest BCUT2D eigenvalue weighted by atomic mass is 9.93. The van der Waals surface area contributed by atoms with Gasteiger partial charge in [-0.15, -0.1) is 0 Å². The molecule has 1 aromatic carbocycles. The van der Waals surface area contributed by atoms with Gasteiger partial charge in [-0.1, -0.05) is 0 Å². The molecule has 3 heteroatoms. The lowest BCUT2D eigenvalue weighted by molar-refractivity contribution is 0.340. The summed E-state index contributed by atoms with van der Waals surface area (Å²) >= 11 is 0. The maximum atomic E-state index is 6.15. The van der Waals surface area contributed by atoms with Crippen LogP contribution in [0.4, 0.5) is 0 Å². The fourth-order valence-corrected chi connectivity index (χ4v) is 2.32. The highest BCUT2D eigenvalue weighted by molar-refractivity contribution is 5.84. The van der Waals surface area contributed by atoms with E-state index in [0.29, 0.717) is 6.61 Å². The molecule has 0 radical (unpaired) electrons. The predicted molar refractivity (Wildman–Crippen MR) is 79.6 cm³/mol. The first-order valence-electron chi connectivity index (χ1n) is 6.71. The number of fused-ring (bicyclic) bond motifs is 1. The summed E-state index contributed by atoms with van der Waals surface area (Å²) in [6, 6.07) is 8.16. The van der Waals surface area contributed by atoms with Crippen LogP contribution < -0.4 is 10.5 Å². The molecule has 2 rings (SSSR count). The van der Waals surface area contributed by atoms with E-state index in [1.807, 2.05) is 39.8 Å². The number of aromatic nitrogens is 1. The van der Waals surface area contributed by atoms with Crippen molar-refractivity contribution < 1.29 is 4.74 Å². The van der Waals surface area contributed by atoms with Crippen molar-refractivity contribution in [3.8, 4) is 5.75 Å². The molecular formula is C16H22N2O. The van der Waals surface area contributed by atoms with Gasteiger partial charge in [0.25, 0.3) is 0 Å². The van der Waals surface area contributed by atoms with E-state index in [1.165, 1.54) is 5.56 Å². The summed E-state index contributed by atoms with van der Waals surface area (Å²) < 4.78 is 5.57. The summed E-state index contributed by atoms with van der Waals surface area (Å²) in [7, 11) is 0. The fraction of sp³-hybridized carbons (Fsp3) is 0.438. The van der Waals surface area contributed by atoms with Crippen molar-refractivity contribution in [3.63, 3.8) is 0 Å². The Morgan fingerprint density at radius 2 is 2.00 bits per heavy atom. The van der Waals surface area contributed by atoms with Crippen LogP contribution in [0.1, 0.15) is 32.0 Å². The van der Waals surface area contributed by atoms with Gasteiger partial charge in [0.2, 0.25) is 0 Å². The number of nitrogens with two attached hydrogens (primary N) is 1. The van der Waals surface area contributed by atoms with Gasteiger partial charge in [0.15, 0.2) is 0 Å². The van der Waals surface area contributed by atoms with Crippen molar-refractivity contribution in [2.75, 3.05) is 6.61 Å². The van der Waals surface area contributed by atoms with Crippen LogP contribution in [-0.4, -0.2) is 17.1 Å². The molecule has 0 aliphatic carbocycles. The van der Waals surface area contributed by atoms with Crippen LogP contribution in [-0.2, 0) is 6.42 Å². The Morgan fingerprint density at radius 1 is 1.26 bits per heavy atom. The topological polar surface area (TPSA) is 48.1 Å². The Bertz CT molecular complexity index is 585. The second kappa shape index (κ2) is 5.17. The third kappa shape index (κ3) is 3.44. The first kappa shape index (κ1) is 13.8. The minimum absolute atomic E-state index is 0.234. The SMILES string of the molecule is CCOc1ccc2nc(C)cc(CC(C)(C)N)c2c1. The second-order valence-electron chi connectivity index (χ2n) is 5.70. The quantitative estimate of drug-likeness (QED) is 0.916. The Kier molecular flexibility index (Phi) is 3.76. The molecule has 0 spiro atoms. The van der Waals surface area contributed by atoms with Crippen LogP contribution >= 0.6 is 0 Å². The minimum Gasteiger partial charge on any atom is -0.494 e. The van der Waals surface area contributed by atoms with Crippen LogP contribution in [0, 0.1) is 6.92 Å². The average molecular weight is 258 g/mol. The van der Waals surface area contributed by atoms with Gasteiger partial charge in [0.1, 0.15) is 5.75 Å².